The van der Waals surface area contributed by atoms with E-state index in [-0.39, 0.29) is 29.9 Å². The fourth-order valence-electron chi connectivity index (χ4n) is 4.91. The van der Waals surface area contributed by atoms with Gasteiger partial charge in [0.2, 0.25) is 11.7 Å². The molecule has 216 valence electrons. The number of nitrogens with one attached hydrogen (secondary N) is 1. The first-order chi connectivity index (χ1) is 20.0. The summed E-state index contributed by atoms with van der Waals surface area (Å²) in [6.45, 7) is 3.97. The van der Waals surface area contributed by atoms with Crippen molar-refractivity contribution in [3.8, 4) is 22.6 Å². The van der Waals surface area contributed by atoms with Crippen LogP contribution in [0.3, 0.4) is 0 Å². The van der Waals surface area contributed by atoms with Gasteiger partial charge < -0.3 is 19.4 Å². The molecule has 1 aliphatic heterocycles. The third kappa shape index (κ3) is 5.50. The summed E-state index contributed by atoms with van der Waals surface area (Å²) in [4.78, 5) is 43.7. The summed E-state index contributed by atoms with van der Waals surface area (Å²) in [6.07, 6.45) is -4.93. The van der Waals surface area contributed by atoms with Crippen LogP contribution in [0.25, 0.3) is 22.6 Å². The number of nitrogens with zero attached hydrogens (tertiary/aromatic N) is 2. The fourth-order valence-corrected chi connectivity index (χ4v) is 4.91. The third-order valence-corrected chi connectivity index (χ3v) is 6.95. The normalized spacial score (nSPS) is 13.7. The van der Waals surface area contributed by atoms with E-state index in [1.807, 2.05) is 26.0 Å². The maximum absolute atomic E-state index is 13.6. The van der Waals surface area contributed by atoms with Crippen molar-refractivity contribution in [3.63, 3.8) is 0 Å². The van der Waals surface area contributed by atoms with Crippen molar-refractivity contribution < 1.29 is 36.7 Å². The Bertz CT molecular complexity index is 1650. The van der Waals surface area contributed by atoms with Crippen molar-refractivity contribution in [2.75, 3.05) is 12.4 Å². The van der Waals surface area contributed by atoms with Crippen LogP contribution in [-0.4, -0.2) is 40.8 Å². The van der Waals surface area contributed by atoms with E-state index < -0.39 is 35.5 Å². The van der Waals surface area contributed by atoms with Gasteiger partial charge in [-0.2, -0.15) is 13.2 Å². The summed E-state index contributed by atoms with van der Waals surface area (Å²) in [7, 11) is 1.29. The Kier molecular flexibility index (Phi) is 7.59. The van der Waals surface area contributed by atoms with Gasteiger partial charge in [0.15, 0.2) is 5.69 Å². The molecule has 1 N–H and O–H groups in total. The Hall–Kier alpha value is -4.93. The van der Waals surface area contributed by atoms with E-state index in [0.717, 1.165) is 5.56 Å². The van der Waals surface area contributed by atoms with Gasteiger partial charge >= 0.3 is 12.1 Å². The molecule has 2 amide bonds. The first-order valence-corrected chi connectivity index (χ1v) is 13.0. The minimum absolute atomic E-state index is 0.146. The lowest BCUT2D eigenvalue weighted by atomic mass is 10.00. The zero-order chi connectivity index (χ0) is 30.2. The highest BCUT2D eigenvalue weighted by Crippen LogP contribution is 2.36. The number of ether oxygens (including phenoxy) is 1. The molecule has 1 atom stereocenters. The molecule has 0 saturated heterocycles. The van der Waals surface area contributed by atoms with E-state index in [1.165, 1.54) is 36.3 Å². The first kappa shape index (κ1) is 28.6. The lowest BCUT2D eigenvalue weighted by molar-refractivity contribution is -0.153. The van der Waals surface area contributed by atoms with Crippen LogP contribution in [0.1, 0.15) is 46.0 Å². The Morgan fingerprint density at radius 1 is 0.976 bits per heavy atom. The Labute approximate surface area is 239 Å². The molecule has 8 nitrogen and oxygen atoms in total. The molecule has 0 bridgehead atoms. The number of hydrogen-bond donors (Lipinski definition) is 1. The maximum atomic E-state index is 13.6. The second kappa shape index (κ2) is 11.2. The molecule has 5 rings (SSSR count). The number of benzene rings is 3. The molecule has 4 aromatic rings. The minimum atomic E-state index is -4.93. The molecule has 0 unspecified atom stereocenters. The zero-order valence-corrected chi connectivity index (χ0v) is 22.9. The van der Waals surface area contributed by atoms with E-state index in [9.17, 15) is 27.6 Å². The highest BCUT2D eigenvalue weighted by Gasteiger charge is 2.42. The quantitative estimate of drug-likeness (QED) is 0.254. The molecule has 11 heteroatoms. The van der Waals surface area contributed by atoms with Gasteiger partial charge in [-0.05, 0) is 52.9 Å². The standard InChI is InChI=1S/C31H26F3N3O5/c1-17(2)25(30(40)41-3)37-16-21-10-9-20(15-23(21)29(37)39)18-11-13-22(14-12-18)35-27(38)24-26(31(32,33)34)42-28(36-24)19-7-5-4-6-8-19/h4-15,17,25H,16H2,1-3H3,(H,35,38)/t25-/m0/s1. The molecule has 42 heavy (non-hydrogen) atoms. The number of anilines is 1. The molecule has 0 saturated carbocycles. The number of amides is 2. The van der Waals surface area contributed by atoms with Gasteiger partial charge in [-0.25, -0.2) is 9.78 Å². The molecule has 1 aromatic heterocycles. The number of methoxy groups -OCH3 is 1. The van der Waals surface area contributed by atoms with E-state index in [1.54, 1.807) is 36.4 Å². The molecule has 0 aliphatic carbocycles. The summed E-state index contributed by atoms with van der Waals surface area (Å²) in [6, 6.07) is 19.1. The summed E-state index contributed by atoms with van der Waals surface area (Å²) < 4.78 is 50.8. The number of oxazole rings is 1. The molecule has 3 aromatic carbocycles. The van der Waals surface area contributed by atoms with Crippen LogP contribution in [0.15, 0.2) is 77.2 Å². The summed E-state index contributed by atoms with van der Waals surface area (Å²) in [5, 5.41) is 2.44. The van der Waals surface area contributed by atoms with Crippen molar-refractivity contribution in [3.05, 3.63) is 95.4 Å². The highest BCUT2D eigenvalue weighted by molar-refractivity contribution is 6.04. The van der Waals surface area contributed by atoms with Crippen LogP contribution in [0.5, 0.6) is 0 Å². The molecule has 0 fully saturated rings. The molecule has 0 spiro atoms. The van der Waals surface area contributed by atoms with Crippen LogP contribution in [0.2, 0.25) is 0 Å². The number of aromatic nitrogens is 1. The molecular formula is C31H26F3N3O5. The topological polar surface area (TPSA) is 102 Å². The number of halogens is 3. The zero-order valence-electron chi connectivity index (χ0n) is 22.9. The summed E-state index contributed by atoms with van der Waals surface area (Å²) >= 11 is 0. The van der Waals surface area contributed by atoms with Gasteiger partial charge in [0, 0.05) is 23.4 Å². The van der Waals surface area contributed by atoms with E-state index in [0.29, 0.717) is 22.3 Å². The lowest BCUT2D eigenvalue weighted by Crippen LogP contribution is -2.45. The van der Waals surface area contributed by atoms with Crippen molar-refractivity contribution in [2.45, 2.75) is 32.6 Å². The van der Waals surface area contributed by atoms with Gasteiger partial charge in [-0.15, -0.1) is 0 Å². The molecular weight excluding hydrogens is 551 g/mol. The predicted molar refractivity (Wildman–Crippen MR) is 147 cm³/mol. The molecule has 0 radical (unpaired) electrons. The number of alkyl halides is 3. The van der Waals surface area contributed by atoms with E-state index >= 15 is 0 Å². The Morgan fingerprint density at radius 3 is 2.26 bits per heavy atom. The largest absolute Gasteiger partial charge is 0.467 e. The Balaban J connectivity index is 1.35. The van der Waals surface area contributed by atoms with Crippen molar-refractivity contribution >= 4 is 23.5 Å². The van der Waals surface area contributed by atoms with Crippen molar-refractivity contribution in [1.82, 2.24) is 9.88 Å². The number of hydrogen-bond acceptors (Lipinski definition) is 6. The smallest absolute Gasteiger partial charge is 0.452 e. The third-order valence-electron chi connectivity index (χ3n) is 6.95. The monoisotopic (exact) mass is 577 g/mol. The average molecular weight is 578 g/mol. The molecule has 1 aliphatic rings. The van der Waals surface area contributed by atoms with Gasteiger partial charge in [-0.1, -0.05) is 56.3 Å². The van der Waals surface area contributed by atoms with Crippen LogP contribution in [0.4, 0.5) is 18.9 Å². The van der Waals surface area contributed by atoms with Crippen molar-refractivity contribution in [1.29, 1.82) is 0 Å². The summed E-state index contributed by atoms with van der Waals surface area (Å²) in [5.74, 6) is -3.78. The van der Waals surface area contributed by atoms with E-state index in [4.69, 9.17) is 9.15 Å². The maximum Gasteiger partial charge on any atom is 0.452 e. The van der Waals surface area contributed by atoms with Crippen LogP contribution in [-0.2, 0) is 22.3 Å². The lowest BCUT2D eigenvalue weighted by Gasteiger charge is -2.28. The van der Waals surface area contributed by atoms with Gasteiger partial charge in [0.25, 0.3) is 11.8 Å². The highest BCUT2D eigenvalue weighted by atomic mass is 19.4. The first-order valence-electron chi connectivity index (χ1n) is 13.0. The van der Waals surface area contributed by atoms with Crippen LogP contribution in [0, 0.1) is 5.92 Å². The number of carbonyl (C=O) groups excluding carboxylic acids is 3. The number of carbonyl (C=O) groups is 3. The minimum Gasteiger partial charge on any atom is -0.467 e. The SMILES string of the molecule is COC(=O)[C@H](C(C)C)N1Cc2ccc(-c3ccc(NC(=O)c4nc(-c5ccccc5)oc4C(F)(F)F)cc3)cc2C1=O. The Morgan fingerprint density at radius 2 is 1.64 bits per heavy atom. The van der Waals surface area contributed by atoms with Gasteiger partial charge in [0.05, 0.1) is 7.11 Å². The molecule has 2 heterocycles. The predicted octanol–water partition coefficient (Wildman–Crippen LogP) is 6.43. The average Bonchev–Trinajstić information content (AvgIpc) is 3.56. The van der Waals surface area contributed by atoms with Crippen LogP contribution < -0.4 is 5.32 Å². The number of rotatable bonds is 7. The fraction of sp³-hybridized carbons (Fsp3) is 0.226. The van der Waals surface area contributed by atoms with Crippen LogP contribution >= 0.6 is 0 Å². The van der Waals surface area contributed by atoms with Gasteiger partial charge in [-0.3, -0.25) is 9.59 Å². The van der Waals surface area contributed by atoms with E-state index in [2.05, 4.69) is 10.3 Å². The number of fused-ring (bicyclic) bond motifs is 1. The second-order valence-corrected chi connectivity index (χ2v) is 10.1. The van der Waals surface area contributed by atoms with Gasteiger partial charge in [0.1, 0.15) is 6.04 Å². The number of esters is 1. The van der Waals surface area contributed by atoms with Crippen molar-refractivity contribution in [2.24, 2.45) is 5.92 Å². The summed E-state index contributed by atoms with van der Waals surface area (Å²) in [5.41, 5.74) is 2.33. The second-order valence-electron chi connectivity index (χ2n) is 10.1.